The van der Waals surface area contributed by atoms with E-state index >= 15 is 0 Å². The minimum Gasteiger partial charge on any atom is -0.560 e. The molecule has 1 aliphatic carbocycles. The van der Waals surface area contributed by atoms with Crippen molar-refractivity contribution in [2.75, 3.05) is 11.5 Å². The van der Waals surface area contributed by atoms with Gasteiger partial charge >= 0.3 is 13.5 Å². The van der Waals surface area contributed by atoms with Crippen LogP contribution in [0.3, 0.4) is 0 Å². The molecule has 2 heterocycles. The molecule has 1 fully saturated rings. The zero-order valence-electron chi connectivity index (χ0n) is 14.5. The predicted molar refractivity (Wildman–Crippen MR) is 106 cm³/mol. The molecule has 1 aliphatic heterocycles. The van der Waals surface area contributed by atoms with Gasteiger partial charge < -0.3 is 20.8 Å². The van der Waals surface area contributed by atoms with Crippen molar-refractivity contribution in [2.24, 2.45) is 0 Å². The highest BCUT2D eigenvalue weighted by Gasteiger charge is 2.28. The molecule has 0 saturated heterocycles. The van der Waals surface area contributed by atoms with Crippen LogP contribution in [-0.2, 0) is 6.42 Å². The number of aromatic nitrogens is 2. The molecule has 4 rings (SSSR count). The number of hydrogen-bond donors (Lipinski definition) is 3. The number of nitrogens with one attached hydrogen (secondary N) is 1. The van der Waals surface area contributed by atoms with E-state index in [9.17, 15) is 9.90 Å². The average Bonchev–Trinajstić information content (AvgIpc) is 3.02. The van der Waals surface area contributed by atoms with E-state index in [1.165, 1.54) is 29.0 Å². The maximum atomic E-state index is 11.4. The van der Waals surface area contributed by atoms with Crippen LogP contribution in [0.4, 0.5) is 5.13 Å². The first-order valence-electron chi connectivity index (χ1n) is 8.64. The third-order valence-corrected chi connectivity index (χ3v) is 6.53. The monoisotopic (exact) mass is 401 g/mol. The Hall–Kier alpha value is -2.20. The van der Waals surface area contributed by atoms with Gasteiger partial charge in [0.1, 0.15) is 5.75 Å². The van der Waals surface area contributed by atoms with E-state index in [-0.39, 0.29) is 11.5 Å². The standard InChI is InChI=1S/C17H18BN4O3S2/c19-16-21-22-17(27-16)26-8-12(9-3-1-4-9)20-13-7-10-5-2-6-11(15(23)24)14(10)25-18-13/h2,5-6,13,20H,1,3-4,7-8H2,(H2,19,21)(H,23,24). The summed E-state index contributed by atoms with van der Waals surface area (Å²) in [5, 5.41) is 21.3. The number of thioether (sulfide) groups is 1. The number of carboxylic acids is 1. The largest absolute Gasteiger partial charge is 0.560 e. The maximum Gasteiger partial charge on any atom is 0.394 e. The molecule has 1 atom stereocenters. The molecule has 1 radical (unpaired) electrons. The number of allylic oxidation sites excluding steroid dienone is 1. The van der Waals surface area contributed by atoms with Gasteiger partial charge in [-0.15, -0.1) is 10.2 Å². The van der Waals surface area contributed by atoms with E-state index in [2.05, 4.69) is 15.5 Å². The average molecular weight is 401 g/mol. The van der Waals surface area contributed by atoms with Crippen molar-refractivity contribution in [2.45, 2.75) is 36.0 Å². The molecule has 7 nitrogen and oxygen atoms in total. The van der Waals surface area contributed by atoms with Gasteiger partial charge in [0, 0.05) is 17.4 Å². The fourth-order valence-electron chi connectivity index (χ4n) is 3.11. The topological polar surface area (TPSA) is 110 Å². The number of rotatable bonds is 6. The molecule has 0 bridgehead atoms. The summed E-state index contributed by atoms with van der Waals surface area (Å²) in [6.07, 6.45) is 4.11. The number of para-hydroxylation sites is 1. The second-order valence-corrected chi connectivity index (χ2v) is 8.67. The second-order valence-electron chi connectivity index (χ2n) is 6.44. The molecule has 2 aromatic rings. The van der Waals surface area contributed by atoms with Crippen LogP contribution in [0.1, 0.15) is 35.2 Å². The third kappa shape index (κ3) is 4.06. The van der Waals surface area contributed by atoms with Crippen LogP contribution >= 0.6 is 23.1 Å². The molecular formula is C17H18BN4O3S2. The van der Waals surface area contributed by atoms with Crippen LogP contribution in [0, 0.1) is 0 Å². The van der Waals surface area contributed by atoms with Crippen LogP contribution in [0.25, 0.3) is 0 Å². The highest BCUT2D eigenvalue weighted by atomic mass is 32.2. The summed E-state index contributed by atoms with van der Waals surface area (Å²) in [6.45, 7) is 0. The lowest BCUT2D eigenvalue weighted by molar-refractivity contribution is 0.0694. The first-order valence-corrected chi connectivity index (χ1v) is 10.4. The van der Waals surface area contributed by atoms with E-state index < -0.39 is 5.97 Å². The Labute approximate surface area is 165 Å². The zero-order valence-corrected chi connectivity index (χ0v) is 16.1. The summed E-state index contributed by atoms with van der Waals surface area (Å²) < 4.78 is 6.55. The molecule has 1 aromatic carbocycles. The number of aromatic carboxylic acids is 1. The van der Waals surface area contributed by atoms with Crippen molar-refractivity contribution in [3.8, 4) is 5.75 Å². The van der Waals surface area contributed by atoms with Crippen molar-refractivity contribution >= 4 is 41.7 Å². The zero-order chi connectivity index (χ0) is 18.8. The molecule has 0 amide bonds. The summed E-state index contributed by atoms with van der Waals surface area (Å²) >= 11 is 3.01. The van der Waals surface area contributed by atoms with Crippen molar-refractivity contribution in [1.82, 2.24) is 15.5 Å². The molecule has 1 aromatic heterocycles. The van der Waals surface area contributed by atoms with Crippen LogP contribution in [0.5, 0.6) is 5.75 Å². The Morgan fingerprint density at radius 1 is 1.44 bits per heavy atom. The highest BCUT2D eigenvalue weighted by molar-refractivity contribution is 8.01. The molecule has 0 spiro atoms. The Morgan fingerprint density at radius 3 is 2.96 bits per heavy atom. The van der Waals surface area contributed by atoms with Gasteiger partial charge in [-0.25, -0.2) is 4.79 Å². The Bertz CT molecular complexity index is 896. The lowest BCUT2D eigenvalue weighted by Gasteiger charge is -2.30. The van der Waals surface area contributed by atoms with Gasteiger partial charge in [0.25, 0.3) is 0 Å². The summed E-state index contributed by atoms with van der Waals surface area (Å²) in [5.74, 6) is 0.233. The van der Waals surface area contributed by atoms with Crippen molar-refractivity contribution in [3.63, 3.8) is 0 Å². The number of anilines is 1. The Morgan fingerprint density at radius 2 is 2.30 bits per heavy atom. The predicted octanol–water partition coefficient (Wildman–Crippen LogP) is 2.52. The number of carbonyl (C=O) groups is 1. The molecule has 4 N–H and O–H groups in total. The van der Waals surface area contributed by atoms with Gasteiger partial charge in [-0.3, -0.25) is 0 Å². The van der Waals surface area contributed by atoms with Crippen LogP contribution in [-0.4, -0.2) is 40.4 Å². The number of benzene rings is 1. The van der Waals surface area contributed by atoms with E-state index in [1.54, 1.807) is 31.4 Å². The summed E-state index contributed by atoms with van der Waals surface area (Å²) in [4.78, 5) is 11.4. The summed E-state index contributed by atoms with van der Waals surface area (Å²) in [7, 11) is 1.70. The quantitative estimate of drug-likeness (QED) is 0.500. The Balaban J connectivity index is 1.45. The number of carboxylic acid groups (broad SMARTS) is 1. The second kappa shape index (κ2) is 7.81. The number of nitrogen functional groups attached to an aromatic ring is 1. The van der Waals surface area contributed by atoms with Gasteiger partial charge in [0.2, 0.25) is 5.13 Å². The van der Waals surface area contributed by atoms with Gasteiger partial charge in [-0.2, -0.15) is 0 Å². The summed E-state index contributed by atoms with van der Waals surface area (Å²) in [5.41, 5.74) is 9.38. The van der Waals surface area contributed by atoms with Crippen molar-refractivity contribution in [3.05, 3.63) is 40.6 Å². The van der Waals surface area contributed by atoms with Crippen LogP contribution in [0.2, 0.25) is 0 Å². The van der Waals surface area contributed by atoms with Gasteiger partial charge in [-0.05, 0) is 37.3 Å². The molecule has 2 aliphatic rings. The number of nitrogens with two attached hydrogens (primary N) is 1. The van der Waals surface area contributed by atoms with Gasteiger partial charge in [0.15, 0.2) is 4.34 Å². The molecular weight excluding hydrogens is 383 g/mol. The fraction of sp³-hybridized carbons (Fsp3) is 0.353. The highest BCUT2D eigenvalue weighted by Crippen LogP contribution is 2.33. The molecule has 27 heavy (non-hydrogen) atoms. The van der Waals surface area contributed by atoms with Gasteiger partial charge in [-0.1, -0.05) is 40.8 Å². The van der Waals surface area contributed by atoms with Gasteiger partial charge in [0.05, 0.1) is 5.56 Å². The van der Waals surface area contributed by atoms with E-state index in [1.807, 2.05) is 6.07 Å². The maximum absolute atomic E-state index is 11.4. The first-order chi connectivity index (χ1) is 13.1. The number of nitrogens with zero attached hydrogens (tertiary/aromatic N) is 2. The van der Waals surface area contributed by atoms with Crippen LogP contribution in [0.15, 0.2) is 33.8 Å². The number of hydrogen-bond acceptors (Lipinski definition) is 8. The van der Waals surface area contributed by atoms with E-state index in [0.29, 0.717) is 17.3 Å². The SMILES string of the molecule is Nc1nnc(SCC(NC2[B]Oc3c(cccc3C(=O)O)C2)=C2CCC2)s1. The lowest BCUT2D eigenvalue weighted by Crippen LogP contribution is -2.43. The minimum absolute atomic E-state index is 0.00951. The van der Waals surface area contributed by atoms with Crippen LogP contribution < -0.4 is 15.7 Å². The first kappa shape index (κ1) is 18.2. The molecule has 10 heteroatoms. The van der Waals surface area contributed by atoms with E-state index in [0.717, 1.165) is 28.5 Å². The third-order valence-electron chi connectivity index (χ3n) is 4.62. The molecule has 139 valence electrons. The Kier molecular flexibility index (Phi) is 5.26. The molecule has 1 unspecified atom stereocenters. The number of fused-ring (bicyclic) bond motifs is 1. The minimum atomic E-state index is -0.975. The van der Waals surface area contributed by atoms with Crippen molar-refractivity contribution < 1.29 is 14.6 Å². The molecule has 1 saturated carbocycles. The normalized spacial score (nSPS) is 17.9. The van der Waals surface area contributed by atoms with Crippen molar-refractivity contribution in [1.29, 1.82) is 0 Å². The smallest absolute Gasteiger partial charge is 0.394 e. The lowest BCUT2D eigenvalue weighted by atomic mass is 9.78. The summed E-state index contributed by atoms with van der Waals surface area (Å²) in [6, 6.07) is 5.24. The van der Waals surface area contributed by atoms with E-state index in [4.69, 9.17) is 10.4 Å². The fourth-order valence-corrected chi connectivity index (χ4v) is 4.78.